The van der Waals surface area contributed by atoms with Crippen LogP contribution in [0.15, 0.2) is 122 Å². The molecule has 0 N–H and O–H groups in total. The Labute approximate surface area is 386 Å². The van der Waals surface area contributed by atoms with Crippen LogP contribution >= 0.6 is 0 Å². The van der Waals surface area contributed by atoms with Crippen molar-refractivity contribution >= 4 is 17.9 Å². The lowest BCUT2D eigenvalue weighted by Gasteiger charge is -2.18. The number of carbonyl (C=O) groups excluding carboxylic acids is 3. The summed E-state index contributed by atoms with van der Waals surface area (Å²) in [6.07, 6.45) is 69.1. The van der Waals surface area contributed by atoms with Crippen LogP contribution in [0.25, 0.3) is 0 Å². The molecule has 0 aliphatic heterocycles. The van der Waals surface area contributed by atoms with E-state index in [0.717, 1.165) is 109 Å². The zero-order valence-electron chi connectivity index (χ0n) is 40.3. The number of unbranched alkanes of at least 4 members (excludes halogenated alkanes) is 12. The molecule has 0 saturated carbocycles. The van der Waals surface area contributed by atoms with Crippen molar-refractivity contribution in [2.24, 2.45) is 0 Å². The number of ether oxygens (including phenoxy) is 3. The number of carbonyl (C=O) groups is 3. The molecular formula is C57H90O6. The Hall–Kier alpha value is -4.19. The highest BCUT2D eigenvalue weighted by Gasteiger charge is 2.19. The fourth-order valence-corrected chi connectivity index (χ4v) is 6.16. The fourth-order valence-electron chi connectivity index (χ4n) is 6.16. The number of rotatable bonds is 43. The molecule has 0 fully saturated rings. The van der Waals surface area contributed by atoms with Gasteiger partial charge in [-0.2, -0.15) is 0 Å². The van der Waals surface area contributed by atoms with E-state index in [4.69, 9.17) is 14.2 Å². The van der Waals surface area contributed by atoms with Gasteiger partial charge in [0.25, 0.3) is 0 Å². The van der Waals surface area contributed by atoms with Crippen molar-refractivity contribution < 1.29 is 28.6 Å². The Morgan fingerprint density at radius 3 is 1.16 bits per heavy atom. The van der Waals surface area contributed by atoms with Crippen LogP contribution in [-0.4, -0.2) is 37.2 Å². The van der Waals surface area contributed by atoms with Gasteiger partial charge in [0.2, 0.25) is 0 Å². The van der Waals surface area contributed by atoms with Gasteiger partial charge in [0.05, 0.1) is 0 Å². The molecule has 63 heavy (non-hydrogen) atoms. The molecule has 0 radical (unpaired) electrons. The second kappa shape index (κ2) is 50.5. The van der Waals surface area contributed by atoms with E-state index in [-0.39, 0.29) is 50.4 Å². The first kappa shape index (κ1) is 58.8. The summed E-state index contributed by atoms with van der Waals surface area (Å²) in [7, 11) is 0. The molecule has 0 heterocycles. The van der Waals surface area contributed by atoms with Crippen LogP contribution in [-0.2, 0) is 28.6 Å². The van der Waals surface area contributed by atoms with Crippen LogP contribution in [0.1, 0.15) is 201 Å². The average Bonchev–Trinajstić information content (AvgIpc) is 3.28. The first-order valence-corrected chi connectivity index (χ1v) is 25.0. The van der Waals surface area contributed by atoms with Crippen molar-refractivity contribution in [3.63, 3.8) is 0 Å². The molecule has 0 bridgehead atoms. The van der Waals surface area contributed by atoms with Crippen molar-refractivity contribution in [2.75, 3.05) is 13.2 Å². The average molecular weight is 871 g/mol. The summed E-state index contributed by atoms with van der Waals surface area (Å²) in [5, 5.41) is 0. The first-order chi connectivity index (χ1) is 31.0. The lowest BCUT2D eigenvalue weighted by atomic mass is 10.1. The second-order valence-electron chi connectivity index (χ2n) is 16.0. The predicted octanol–water partition coefficient (Wildman–Crippen LogP) is 16.5. The number of esters is 3. The van der Waals surface area contributed by atoms with Crippen molar-refractivity contribution in [2.45, 2.75) is 207 Å². The van der Waals surface area contributed by atoms with Gasteiger partial charge in [0, 0.05) is 19.3 Å². The third-order valence-electron chi connectivity index (χ3n) is 9.93. The standard InChI is InChI=1S/C57H90O6/c1-4-7-10-13-16-19-22-24-26-27-28-29-31-33-36-38-41-44-47-50-56(59)62-53-54(63-57(60)51-48-45-42-39-34-21-18-15-12-9-6-3)52-61-55(58)49-46-43-40-37-35-32-30-25-23-20-17-14-11-8-5-2/h8,11,15-20,24-26,28-30,33,35-37,41,44,54H,4-7,9-10,12-14,21-23,27,31-32,34,38-40,42-43,45-53H2,1-3H3/b11-8-,18-15-,19-16-,20-17-,26-24-,29-28-,30-25-,36-33-,37-35-,44-41-/t54-/m1/s1. The Kier molecular flexibility index (Phi) is 47.1. The summed E-state index contributed by atoms with van der Waals surface area (Å²) in [6.45, 7) is 6.32. The Morgan fingerprint density at radius 1 is 0.333 bits per heavy atom. The zero-order valence-corrected chi connectivity index (χ0v) is 40.3. The molecule has 0 aromatic rings. The summed E-state index contributed by atoms with van der Waals surface area (Å²) in [5.74, 6) is -1.07. The molecule has 0 amide bonds. The minimum absolute atomic E-state index is 0.129. The maximum Gasteiger partial charge on any atom is 0.306 e. The summed E-state index contributed by atoms with van der Waals surface area (Å²) in [6, 6.07) is 0. The molecule has 6 heteroatoms. The minimum Gasteiger partial charge on any atom is -0.462 e. The van der Waals surface area contributed by atoms with E-state index in [2.05, 4.69) is 130 Å². The van der Waals surface area contributed by atoms with E-state index in [1.54, 1.807) is 0 Å². The SMILES string of the molecule is CC/C=C\C/C=C\C/C=C\C/C=C\CCCCC(=O)OC[C@H](COC(=O)CC/C=C\C/C=C\C/C=C\C/C=C\C/C=C\CCCCC)OC(=O)CCCCCCC/C=C\CCCC. The van der Waals surface area contributed by atoms with Crippen molar-refractivity contribution in [1.29, 1.82) is 0 Å². The second-order valence-corrected chi connectivity index (χ2v) is 16.0. The van der Waals surface area contributed by atoms with Gasteiger partial charge < -0.3 is 14.2 Å². The molecule has 0 unspecified atom stereocenters. The lowest BCUT2D eigenvalue weighted by molar-refractivity contribution is -0.166. The molecule has 0 aromatic heterocycles. The van der Waals surface area contributed by atoms with E-state index < -0.39 is 6.10 Å². The molecule has 6 nitrogen and oxygen atoms in total. The Morgan fingerprint density at radius 2 is 0.667 bits per heavy atom. The van der Waals surface area contributed by atoms with Crippen LogP contribution in [0.4, 0.5) is 0 Å². The maximum absolute atomic E-state index is 12.7. The number of hydrogen-bond donors (Lipinski definition) is 0. The highest BCUT2D eigenvalue weighted by molar-refractivity contribution is 5.71. The summed E-state index contributed by atoms with van der Waals surface area (Å²) >= 11 is 0. The molecular weight excluding hydrogens is 781 g/mol. The van der Waals surface area contributed by atoms with Gasteiger partial charge in [-0.05, 0) is 116 Å². The van der Waals surface area contributed by atoms with E-state index in [1.807, 2.05) is 12.2 Å². The van der Waals surface area contributed by atoms with Crippen LogP contribution in [0.2, 0.25) is 0 Å². The topological polar surface area (TPSA) is 78.9 Å². The third-order valence-corrected chi connectivity index (χ3v) is 9.93. The summed E-state index contributed by atoms with van der Waals surface area (Å²) < 4.78 is 16.6. The van der Waals surface area contributed by atoms with Gasteiger partial charge in [-0.15, -0.1) is 0 Å². The van der Waals surface area contributed by atoms with Gasteiger partial charge in [-0.3, -0.25) is 14.4 Å². The van der Waals surface area contributed by atoms with Gasteiger partial charge in [-0.25, -0.2) is 0 Å². The molecule has 0 aliphatic rings. The van der Waals surface area contributed by atoms with E-state index in [1.165, 1.54) is 38.5 Å². The smallest absolute Gasteiger partial charge is 0.306 e. The van der Waals surface area contributed by atoms with Crippen LogP contribution in [0.3, 0.4) is 0 Å². The maximum atomic E-state index is 12.7. The zero-order chi connectivity index (χ0) is 45.8. The number of hydrogen-bond acceptors (Lipinski definition) is 6. The monoisotopic (exact) mass is 871 g/mol. The molecule has 0 spiro atoms. The molecule has 0 aromatic carbocycles. The molecule has 354 valence electrons. The normalized spacial score (nSPS) is 13.1. The van der Waals surface area contributed by atoms with E-state index in [0.29, 0.717) is 12.8 Å². The van der Waals surface area contributed by atoms with Crippen LogP contribution < -0.4 is 0 Å². The van der Waals surface area contributed by atoms with Crippen LogP contribution in [0, 0.1) is 0 Å². The highest BCUT2D eigenvalue weighted by atomic mass is 16.6. The Balaban J connectivity index is 4.56. The molecule has 0 rings (SSSR count). The predicted molar refractivity (Wildman–Crippen MR) is 269 cm³/mol. The minimum atomic E-state index is -0.831. The summed E-state index contributed by atoms with van der Waals surface area (Å²) in [5.41, 5.74) is 0. The lowest BCUT2D eigenvalue weighted by Crippen LogP contribution is -2.30. The van der Waals surface area contributed by atoms with Crippen LogP contribution in [0.5, 0.6) is 0 Å². The number of allylic oxidation sites excluding steroid dienone is 20. The Bertz CT molecular complexity index is 1370. The van der Waals surface area contributed by atoms with Gasteiger partial charge in [0.1, 0.15) is 13.2 Å². The van der Waals surface area contributed by atoms with Crippen molar-refractivity contribution in [1.82, 2.24) is 0 Å². The quantitative estimate of drug-likeness (QED) is 0.0263. The fraction of sp³-hybridized carbons (Fsp3) is 0.596. The molecule has 1 atom stereocenters. The van der Waals surface area contributed by atoms with Crippen molar-refractivity contribution in [3.8, 4) is 0 Å². The molecule has 0 aliphatic carbocycles. The van der Waals surface area contributed by atoms with E-state index in [9.17, 15) is 14.4 Å². The summed E-state index contributed by atoms with van der Waals surface area (Å²) in [4.78, 5) is 37.9. The highest BCUT2D eigenvalue weighted by Crippen LogP contribution is 2.11. The van der Waals surface area contributed by atoms with Gasteiger partial charge in [-0.1, -0.05) is 187 Å². The molecule has 0 saturated heterocycles. The third kappa shape index (κ3) is 48.7. The van der Waals surface area contributed by atoms with Gasteiger partial charge >= 0.3 is 17.9 Å². The first-order valence-electron chi connectivity index (χ1n) is 25.0. The van der Waals surface area contributed by atoms with E-state index >= 15 is 0 Å². The van der Waals surface area contributed by atoms with Crippen molar-refractivity contribution in [3.05, 3.63) is 122 Å². The van der Waals surface area contributed by atoms with Gasteiger partial charge in [0.15, 0.2) is 6.10 Å². The largest absolute Gasteiger partial charge is 0.462 e.